The van der Waals surface area contributed by atoms with Crippen LogP contribution >= 0.6 is 0 Å². The Morgan fingerprint density at radius 2 is 1.86 bits per heavy atom. The van der Waals surface area contributed by atoms with Gasteiger partial charge in [0.1, 0.15) is 11.6 Å². The van der Waals surface area contributed by atoms with Crippen molar-refractivity contribution in [2.75, 3.05) is 26.2 Å². The summed E-state index contributed by atoms with van der Waals surface area (Å²) in [5.41, 5.74) is -0.104. The molecular weight excluding hydrogens is 300 g/mol. The SMILES string of the molecule is CC(Cc1c(F)cccc1F)NS(=O)(=O)N1CCNCC1. The van der Waals surface area contributed by atoms with Crippen LogP contribution in [0.5, 0.6) is 0 Å². The highest BCUT2D eigenvalue weighted by Crippen LogP contribution is 2.14. The van der Waals surface area contributed by atoms with Gasteiger partial charge in [-0.25, -0.2) is 8.78 Å². The lowest BCUT2D eigenvalue weighted by Gasteiger charge is -2.28. The summed E-state index contributed by atoms with van der Waals surface area (Å²) < 4.78 is 55.2. The number of nitrogens with one attached hydrogen (secondary N) is 2. The number of rotatable bonds is 5. The van der Waals surface area contributed by atoms with Crippen LogP contribution in [0.25, 0.3) is 0 Å². The van der Waals surface area contributed by atoms with Crippen molar-refractivity contribution < 1.29 is 17.2 Å². The normalized spacial score (nSPS) is 18.6. The third-order valence-electron chi connectivity index (χ3n) is 3.34. The van der Waals surface area contributed by atoms with Crippen LogP contribution in [0, 0.1) is 11.6 Å². The fraction of sp³-hybridized carbons (Fsp3) is 0.538. The summed E-state index contributed by atoms with van der Waals surface area (Å²) in [6.07, 6.45) is -0.0379. The lowest BCUT2D eigenvalue weighted by Crippen LogP contribution is -2.52. The molecule has 2 rings (SSSR count). The van der Waals surface area contributed by atoms with E-state index in [1.54, 1.807) is 6.92 Å². The van der Waals surface area contributed by atoms with Crippen molar-refractivity contribution in [2.45, 2.75) is 19.4 Å². The predicted octanol–water partition coefficient (Wildman–Crippen LogP) is 0.635. The summed E-state index contributed by atoms with van der Waals surface area (Å²) in [5.74, 6) is -1.33. The summed E-state index contributed by atoms with van der Waals surface area (Å²) >= 11 is 0. The van der Waals surface area contributed by atoms with Crippen molar-refractivity contribution in [1.82, 2.24) is 14.3 Å². The number of halogens is 2. The number of hydrogen-bond donors (Lipinski definition) is 2. The van der Waals surface area contributed by atoms with Gasteiger partial charge in [0.25, 0.3) is 10.2 Å². The van der Waals surface area contributed by atoms with Gasteiger partial charge in [-0.2, -0.15) is 17.4 Å². The number of hydrogen-bond acceptors (Lipinski definition) is 3. The first-order chi connectivity index (χ1) is 9.90. The minimum absolute atomic E-state index is 0.0379. The van der Waals surface area contributed by atoms with E-state index in [0.717, 1.165) is 12.1 Å². The highest BCUT2D eigenvalue weighted by atomic mass is 32.2. The highest BCUT2D eigenvalue weighted by molar-refractivity contribution is 7.87. The summed E-state index contributed by atoms with van der Waals surface area (Å²) in [6, 6.07) is 3.01. The van der Waals surface area contributed by atoms with E-state index in [1.165, 1.54) is 10.4 Å². The first-order valence-electron chi connectivity index (χ1n) is 6.81. The Bertz CT molecular complexity index is 569. The Labute approximate surface area is 123 Å². The zero-order chi connectivity index (χ0) is 15.5. The molecule has 1 heterocycles. The van der Waals surface area contributed by atoms with Gasteiger partial charge < -0.3 is 5.32 Å². The minimum Gasteiger partial charge on any atom is -0.314 e. The van der Waals surface area contributed by atoms with E-state index in [2.05, 4.69) is 10.0 Å². The van der Waals surface area contributed by atoms with Crippen molar-refractivity contribution in [1.29, 1.82) is 0 Å². The maximum absolute atomic E-state index is 13.6. The number of piperazine rings is 1. The van der Waals surface area contributed by atoms with Crippen LogP contribution in [-0.4, -0.2) is 44.9 Å². The quantitative estimate of drug-likeness (QED) is 0.837. The average Bonchev–Trinajstić information content (AvgIpc) is 2.43. The van der Waals surface area contributed by atoms with Crippen LogP contribution in [-0.2, 0) is 16.6 Å². The highest BCUT2D eigenvalue weighted by Gasteiger charge is 2.25. The lowest BCUT2D eigenvalue weighted by atomic mass is 10.1. The van der Waals surface area contributed by atoms with Crippen LogP contribution in [0.3, 0.4) is 0 Å². The molecule has 1 aliphatic rings. The fourth-order valence-corrected chi connectivity index (χ4v) is 3.69. The molecule has 0 aliphatic carbocycles. The van der Waals surface area contributed by atoms with Gasteiger partial charge >= 0.3 is 0 Å². The second kappa shape index (κ2) is 6.78. The van der Waals surface area contributed by atoms with Crippen LogP contribution in [0.4, 0.5) is 8.78 Å². The second-order valence-electron chi connectivity index (χ2n) is 5.08. The summed E-state index contributed by atoms with van der Waals surface area (Å²) in [4.78, 5) is 0. The van der Waals surface area contributed by atoms with E-state index in [9.17, 15) is 17.2 Å². The van der Waals surface area contributed by atoms with E-state index in [4.69, 9.17) is 0 Å². The molecule has 1 unspecified atom stereocenters. The fourth-order valence-electron chi connectivity index (χ4n) is 2.29. The molecule has 118 valence electrons. The molecule has 0 radical (unpaired) electrons. The molecule has 1 aromatic rings. The maximum atomic E-state index is 13.6. The Balaban J connectivity index is 2.02. The zero-order valence-corrected chi connectivity index (χ0v) is 12.6. The number of nitrogens with zero attached hydrogens (tertiary/aromatic N) is 1. The van der Waals surface area contributed by atoms with Crippen LogP contribution in [0.2, 0.25) is 0 Å². The molecule has 1 saturated heterocycles. The third kappa shape index (κ3) is 4.19. The molecule has 0 amide bonds. The topological polar surface area (TPSA) is 61.4 Å². The molecular formula is C13H19F2N3O2S. The van der Waals surface area contributed by atoms with Gasteiger partial charge in [0.2, 0.25) is 0 Å². The van der Waals surface area contributed by atoms with Gasteiger partial charge in [-0.1, -0.05) is 6.07 Å². The standard InChI is InChI=1S/C13H19F2N3O2S/c1-10(9-11-12(14)3-2-4-13(11)15)17-21(19,20)18-7-5-16-6-8-18/h2-4,10,16-17H,5-9H2,1H3. The van der Waals surface area contributed by atoms with Crippen LogP contribution < -0.4 is 10.0 Å². The molecule has 21 heavy (non-hydrogen) atoms. The molecule has 1 atom stereocenters. The minimum atomic E-state index is -3.63. The molecule has 1 aliphatic heterocycles. The molecule has 1 aromatic carbocycles. The molecule has 1 fully saturated rings. The summed E-state index contributed by atoms with van der Waals surface area (Å²) in [6.45, 7) is 3.55. The molecule has 2 N–H and O–H groups in total. The van der Waals surface area contributed by atoms with Crippen LogP contribution in [0.15, 0.2) is 18.2 Å². The van der Waals surface area contributed by atoms with Crippen molar-refractivity contribution in [3.63, 3.8) is 0 Å². The maximum Gasteiger partial charge on any atom is 0.279 e. The second-order valence-corrected chi connectivity index (χ2v) is 6.78. The average molecular weight is 319 g/mol. The molecule has 5 nitrogen and oxygen atoms in total. The first kappa shape index (κ1) is 16.3. The Hall–Kier alpha value is -1.09. The Morgan fingerprint density at radius 3 is 2.43 bits per heavy atom. The van der Waals surface area contributed by atoms with Crippen molar-refractivity contribution in [2.24, 2.45) is 0 Å². The van der Waals surface area contributed by atoms with E-state index >= 15 is 0 Å². The van der Waals surface area contributed by atoms with Crippen molar-refractivity contribution in [3.8, 4) is 0 Å². The van der Waals surface area contributed by atoms with Crippen molar-refractivity contribution in [3.05, 3.63) is 35.4 Å². The van der Waals surface area contributed by atoms with Gasteiger partial charge in [-0.15, -0.1) is 0 Å². The van der Waals surface area contributed by atoms with E-state index < -0.39 is 27.9 Å². The van der Waals surface area contributed by atoms with E-state index in [-0.39, 0.29) is 12.0 Å². The summed E-state index contributed by atoms with van der Waals surface area (Å²) in [5, 5.41) is 3.06. The van der Waals surface area contributed by atoms with Gasteiger partial charge in [0.15, 0.2) is 0 Å². The van der Waals surface area contributed by atoms with Gasteiger partial charge in [0, 0.05) is 37.8 Å². The molecule has 0 spiro atoms. The van der Waals surface area contributed by atoms with Gasteiger partial charge in [-0.05, 0) is 25.5 Å². The summed E-state index contributed by atoms with van der Waals surface area (Å²) in [7, 11) is -3.63. The van der Waals surface area contributed by atoms with Crippen molar-refractivity contribution >= 4 is 10.2 Å². The van der Waals surface area contributed by atoms with Gasteiger partial charge in [-0.3, -0.25) is 0 Å². The van der Waals surface area contributed by atoms with E-state index in [1.807, 2.05) is 0 Å². The molecule has 0 bridgehead atoms. The molecule has 8 heteroatoms. The number of benzene rings is 1. The third-order valence-corrected chi connectivity index (χ3v) is 5.08. The first-order valence-corrected chi connectivity index (χ1v) is 8.25. The molecule has 0 saturated carbocycles. The Kier molecular flexibility index (Phi) is 5.26. The van der Waals surface area contributed by atoms with E-state index in [0.29, 0.717) is 26.2 Å². The largest absolute Gasteiger partial charge is 0.314 e. The van der Waals surface area contributed by atoms with Gasteiger partial charge in [0.05, 0.1) is 0 Å². The zero-order valence-electron chi connectivity index (χ0n) is 11.8. The molecule has 0 aromatic heterocycles. The Morgan fingerprint density at radius 1 is 1.29 bits per heavy atom. The lowest BCUT2D eigenvalue weighted by molar-refractivity contribution is 0.351. The predicted molar refractivity (Wildman–Crippen MR) is 76.0 cm³/mol. The monoisotopic (exact) mass is 319 g/mol. The van der Waals surface area contributed by atoms with Crippen LogP contribution in [0.1, 0.15) is 12.5 Å². The smallest absolute Gasteiger partial charge is 0.279 e.